The molecule has 3 heteroatoms. The molecule has 0 aliphatic carbocycles. The van der Waals surface area contributed by atoms with Crippen LogP contribution in [0, 0.1) is 6.92 Å². The summed E-state index contributed by atoms with van der Waals surface area (Å²) in [5, 5.41) is 3.52. The predicted molar refractivity (Wildman–Crippen MR) is 72.9 cm³/mol. The van der Waals surface area contributed by atoms with E-state index in [9.17, 15) is 0 Å². The standard InChI is InChI=1S/C13H22N2S/c1-4-16-8-7-12(3)15-10-13-6-5-11(2)14-9-13/h5-6,9,12,15H,4,7-8,10H2,1-3H3. The van der Waals surface area contributed by atoms with E-state index in [4.69, 9.17) is 0 Å². The van der Waals surface area contributed by atoms with Crippen LogP contribution < -0.4 is 5.32 Å². The molecule has 0 saturated heterocycles. The summed E-state index contributed by atoms with van der Waals surface area (Å²) in [6.07, 6.45) is 3.19. The third-order valence-corrected chi connectivity index (χ3v) is 3.46. The molecule has 0 aliphatic rings. The van der Waals surface area contributed by atoms with Gasteiger partial charge in [-0.3, -0.25) is 4.98 Å². The van der Waals surface area contributed by atoms with E-state index in [0.29, 0.717) is 6.04 Å². The van der Waals surface area contributed by atoms with Gasteiger partial charge in [-0.25, -0.2) is 0 Å². The Labute approximate surface area is 103 Å². The lowest BCUT2D eigenvalue weighted by molar-refractivity contribution is 0.537. The van der Waals surface area contributed by atoms with E-state index in [2.05, 4.69) is 36.3 Å². The molecule has 0 fully saturated rings. The van der Waals surface area contributed by atoms with E-state index in [1.165, 1.54) is 23.5 Å². The Balaban J connectivity index is 2.20. The minimum atomic E-state index is 0.584. The number of hydrogen-bond donors (Lipinski definition) is 1. The van der Waals surface area contributed by atoms with Crippen molar-refractivity contribution in [3.8, 4) is 0 Å². The SMILES string of the molecule is CCSCCC(C)NCc1ccc(C)nc1. The normalized spacial score (nSPS) is 12.7. The Morgan fingerprint density at radius 1 is 1.44 bits per heavy atom. The van der Waals surface area contributed by atoms with E-state index in [0.717, 1.165) is 12.2 Å². The van der Waals surface area contributed by atoms with Crippen molar-refractivity contribution in [3.05, 3.63) is 29.6 Å². The summed E-state index contributed by atoms with van der Waals surface area (Å²) in [5.74, 6) is 2.46. The Morgan fingerprint density at radius 3 is 2.88 bits per heavy atom. The van der Waals surface area contributed by atoms with E-state index < -0.39 is 0 Å². The van der Waals surface area contributed by atoms with E-state index in [-0.39, 0.29) is 0 Å². The number of rotatable bonds is 7. The van der Waals surface area contributed by atoms with Crippen molar-refractivity contribution in [2.75, 3.05) is 11.5 Å². The molecule has 1 N–H and O–H groups in total. The second-order valence-electron chi connectivity index (χ2n) is 4.08. The van der Waals surface area contributed by atoms with Crippen molar-refractivity contribution in [1.29, 1.82) is 0 Å². The summed E-state index contributed by atoms with van der Waals surface area (Å²) in [5.41, 5.74) is 2.34. The summed E-state index contributed by atoms with van der Waals surface area (Å²) in [7, 11) is 0. The third-order valence-electron chi connectivity index (χ3n) is 2.53. The Morgan fingerprint density at radius 2 is 2.25 bits per heavy atom. The zero-order valence-electron chi connectivity index (χ0n) is 10.5. The Hall–Kier alpha value is -0.540. The Kier molecular flexibility index (Phi) is 6.50. The van der Waals surface area contributed by atoms with Crippen LogP contribution in [0.3, 0.4) is 0 Å². The molecule has 1 aromatic heterocycles. The van der Waals surface area contributed by atoms with Crippen LogP contribution in [0.2, 0.25) is 0 Å². The van der Waals surface area contributed by atoms with Crippen LogP contribution in [-0.4, -0.2) is 22.5 Å². The molecule has 0 spiro atoms. The van der Waals surface area contributed by atoms with E-state index in [1.807, 2.05) is 24.9 Å². The number of pyridine rings is 1. The highest BCUT2D eigenvalue weighted by Gasteiger charge is 2.01. The zero-order chi connectivity index (χ0) is 11.8. The summed E-state index contributed by atoms with van der Waals surface area (Å²) in [4.78, 5) is 4.29. The van der Waals surface area contributed by atoms with Crippen molar-refractivity contribution in [1.82, 2.24) is 10.3 Å². The minimum Gasteiger partial charge on any atom is -0.310 e. The number of thioether (sulfide) groups is 1. The number of nitrogens with zero attached hydrogens (tertiary/aromatic N) is 1. The first-order chi connectivity index (χ1) is 7.72. The number of hydrogen-bond acceptors (Lipinski definition) is 3. The molecule has 1 aromatic rings. The first-order valence-corrected chi connectivity index (χ1v) is 7.10. The molecule has 0 radical (unpaired) electrons. The van der Waals surface area contributed by atoms with Gasteiger partial charge in [0, 0.05) is 24.5 Å². The molecule has 1 unspecified atom stereocenters. The number of aromatic nitrogens is 1. The lowest BCUT2D eigenvalue weighted by Gasteiger charge is -2.13. The largest absolute Gasteiger partial charge is 0.310 e. The molecular weight excluding hydrogens is 216 g/mol. The van der Waals surface area contributed by atoms with Crippen LogP contribution in [-0.2, 0) is 6.54 Å². The fourth-order valence-electron chi connectivity index (χ4n) is 1.40. The lowest BCUT2D eigenvalue weighted by Crippen LogP contribution is -2.26. The molecule has 0 bridgehead atoms. The quantitative estimate of drug-likeness (QED) is 0.739. The predicted octanol–water partition coefficient (Wildman–Crippen LogP) is 3.01. The maximum atomic E-state index is 4.29. The summed E-state index contributed by atoms with van der Waals surface area (Å²) in [6.45, 7) is 7.39. The Bertz CT molecular complexity index is 284. The van der Waals surface area contributed by atoms with Crippen LogP contribution in [0.1, 0.15) is 31.5 Å². The summed E-state index contributed by atoms with van der Waals surface area (Å²) in [6, 6.07) is 4.79. The number of nitrogens with one attached hydrogen (secondary N) is 1. The molecule has 0 amide bonds. The summed E-state index contributed by atoms with van der Waals surface area (Å²) < 4.78 is 0. The van der Waals surface area contributed by atoms with Gasteiger partial charge in [0.2, 0.25) is 0 Å². The molecule has 0 aliphatic heterocycles. The highest BCUT2D eigenvalue weighted by Crippen LogP contribution is 2.05. The van der Waals surface area contributed by atoms with Crippen molar-refractivity contribution in [3.63, 3.8) is 0 Å². The molecular formula is C13H22N2S. The van der Waals surface area contributed by atoms with Crippen LogP contribution in [0.25, 0.3) is 0 Å². The van der Waals surface area contributed by atoms with Gasteiger partial charge in [0.15, 0.2) is 0 Å². The van der Waals surface area contributed by atoms with Crippen molar-refractivity contribution >= 4 is 11.8 Å². The van der Waals surface area contributed by atoms with Crippen LogP contribution in [0.4, 0.5) is 0 Å². The van der Waals surface area contributed by atoms with E-state index >= 15 is 0 Å². The molecule has 1 atom stereocenters. The topological polar surface area (TPSA) is 24.9 Å². The third kappa shape index (κ3) is 5.52. The fourth-order valence-corrected chi connectivity index (χ4v) is 2.21. The average molecular weight is 238 g/mol. The van der Waals surface area contributed by atoms with Gasteiger partial charge < -0.3 is 5.32 Å². The van der Waals surface area contributed by atoms with Crippen LogP contribution in [0.15, 0.2) is 18.3 Å². The molecule has 90 valence electrons. The van der Waals surface area contributed by atoms with Gasteiger partial charge in [-0.1, -0.05) is 13.0 Å². The van der Waals surface area contributed by atoms with Crippen molar-refractivity contribution in [2.24, 2.45) is 0 Å². The molecule has 1 heterocycles. The average Bonchev–Trinajstić information content (AvgIpc) is 2.29. The van der Waals surface area contributed by atoms with E-state index in [1.54, 1.807) is 0 Å². The highest BCUT2D eigenvalue weighted by molar-refractivity contribution is 7.99. The first kappa shape index (κ1) is 13.5. The van der Waals surface area contributed by atoms with Gasteiger partial charge in [-0.15, -0.1) is 0 Å². The molecule has 2 nitrogen and oxygen atoms in total. The minimum absolute atomic E-state index is 0.584. The highest BCUT2D eigenvalue weighted by atomic mass is 32.2. The molecule has 1 rings (SSSR count). The van der Waals surface area contributed by atoms with Crippen molar-refractivity contribution < 1.29 is 0 Å². The maximum absolute atomic E-state index is 4.29. The van der Waals surface area contributed by atoms with Crippen LogP contribution in [0.5, 0.6) is 0 Å². The van der Waals surface area contributed by atoms with Crippen LogP contribution >= 0.6 is 11.8 Å². The maximum Gasteiger partial charge on any atom is 0.0372 e. The monoisotopic (exact) mass is 238 g/mol. The molecule has 0 saturated carbocycles. The van der Waals surface area contributed by atoms with Crippen molar-refractivity contribution in [2.45, 2.75) is 39.8 Å². The smallest absolute Gasteiger partial charge is 0.0372 e. The number of aryl methyl sites for hydroxylation is 1. The molecule has 0 aromatic carbocycles. The fraction of sp³-hybridized carbons (Fsp3) is 0.615. The van der Waals surface area contributed by atoms with Gasteiger partial charge in [-0.2, -0.15) is 11.8 Å². The molecule has 16 heavy (non-hydrogen) atoms. The second-order valence-corrected chi connectivity index (χ2v) is 5.47. The zero-order valence-corrected chi connectivity index (χ0v) is 11.3. The van der Waals surface area contributed by atoms with Gasteiger partial charge in [-0.05, 0) is 43.4 Å². The second kappa shape index (κ2) is 7.69. The summed E-state index contributed by atoms with van der Waals surface area (Å²) >= 11 is 2.01. The van der Waals surface area contributed by atoms with Gasteiger partial charge in [0.25, 0.3) is 0 Å². The van der Waals surface area contributed by atoms with Gasteiger partial charge in [0.1, 0.15) is 0 Å². The first-order valence-electron chi connectivity index (χ1n) is 5.95. The van der Waals surface area contributed by atoms with Gasteiger partial charge in [0.05, 0.1) is 0 Å². The van der Waals surface area contributed by atoms with Gasteiger partial charge >= 0.3 is 0 Å². The lowest BCUT2D eigenvalue weighted by atomic mass is 10.2.